The fourth-order valence-electron chi connectivity index (χ4n) is 7.24. The van der Waals surface area contributed by atoms with Crippen molar-refractivity contribution >= 4 is 5.97 Å². The largest absolute Gasteiger partial charge is 0.508 e. The number of unbranched alkanes of at least 4 members (excludes halogenated alkanes) is 3. The van der Waals surface area contributed by atoms with Gasteiger partial charge in [0, 0.05) is 11.8 Å². The van der Waals surface area contributed by atoms with Gasteiger partial charge in [0.25, 0.3) is 0 Å². The zero-order chi connectivity index (χ0) is 21.3. The molecule has 1 aromatic rings. The van der Waals surface area contributed by atoms with Crippen LogP contribution in [0.5, 0.6) is 5.75 Å². The lowest BCUT2D eigenvalue weighted by molar-refractivity contribution is -0.158. The number of carbonyl (C=O) groups is 1. The molecule has 3 heteroatoms. The van der Waals surface area contributed by atoms with Gasteiger partial charge < -0.3 is 9.84 Å². The first-order valence-corrected chi connectivity index (χ1v) is 12.5. The fourth-order valence-corrected chi connectivity index (χ4v) is 7.24. The average Bonchev–Trinajstić information content (AvgIpc) is 3.06. The van der Waals surface area contributed by atoms with Gasteiger partial charge in [0.2, 0.25) is 0 Å². The van der Waals surface area contributed by atoms with E-state index in [1.54, 1.807) is 0 Å². The van der Waals surface area contributed by atoms with E-state index in [-0.39, 0.29) is 17.5 Å². The van der Waals surface area contributed by atoms with Gasteiger partial charge in [-0.2, -0.15) is 0 Å². The van der Waals surface area contributed by atoms with Crippen molar-refractivity contribution < 1.29 is 14.6 Å². The molecule has 3 aliphatic carbocycles. The van der Waals surface area contributed by atoms with E-state index in [0.717, 1.165) is 32.1 Å². The van der Waals surface area contributed by atoms with Gasteiger partial charge in [-0.3, -0.25) is 4.79 Å². The Morgan fingerprint density at radius 3 is 2.77 bits per heavy atom. The van der Waals surface area contributed by atoms with Crippen LogP contribution in [-0.2, 0) is 16.0 Å². The molecule has 3 aliphatic rings. The lowest BCUT2D eigenvalue weighted by Crippen LogP contribution is -2.48. The quantitative estimate of drug-likeness (QED) is 0.397. The Labute approximate surface area is 182 Å². The molecule has 1 aromatic carbocycles. The van der Waals surface area contributed by atoms with Gasteiger partial charge in [0.1, 0.15) is 11.9 Å². The second kappa shape index (κ2) is 8.93. The number of esters is 1. The predicted molar refractivity (Wildman–Crippen MR) is 121 cm³/mol. The van der Waals surface area contributed by atoms with Gasteiger partial charge in [-0.25, -0.2) is 0 Å². The van der Waals surface area contributed by atoms with Crippen LogP contribution in [0, 0.1) is 23.2 Å². The Morgan fingerprint density at radius 2 is 2.00 bits per heavy atom. The molecule has 0 amide bonds. The molecule has 3 nitrogen and oxygen atoms in total. The van der Waals surface area contributed by atoms with E-state index in [4.69, 9.17) is 4.74 Å². The maximum Gasteiger partial charge on any atom is 0.306 e. The lowest BCUT2D eigenvalue weighted by Gasteiger charge is -2.53. The summed E-state index contributed by atoms with van der Waals surface area (Å²) >= 11 is 0. The highest BCUT2D eigenvalue weighted by atomic mass is 16.5. The zero-order valence-electron chi connectivity index (χ0n) is 19.2. The van der Waals surface area contributed by atoms with Crippen LogP contribution in [0.4, 0.5) is 0 Å². The van der Waals surface area contributed by atoms with Gasteiger partial charge >= 0.3 is 5.97 Å². The summed E-state index contributed by atoms with van der Waals surface area (Å²) < 4.78 is 6.13. The predicted octanol–water partition coefficient (Wildman–Crippen LogP) is 6.77. The second-order valence-electron chi connectivity index (χ2n) is 10.5. The van der Waals surface area contributed by atoms with E-state index in [1.165, 1.54) is 43.2 Å². The first-order valence-electron chi connectivity index (χ1n) is 12.5. The molecule has 0 heterocycles. The topological polar surface area (TPSA) is 46.5 Å². The summed E-state index contributed by atoms with van der Waals surface area (Å²) in [6, 6.07) is 6.05. The van der Waals surface area contributed by atoms with E-state index in [2.05, 4.69) is 26.8 Å². The molecule has 0 saturated heterocycles. The number of phenols is 1. The second-order valence-corrected chi connectivity index (χ2v) is 10.5. The molecule has 2 fully saturated rings. The highest BCUT2D eigenvalue weighted by molar-refractivity contribution is 5.69. The molecule has 0 radical (unpaired) electrons. The van der Waals surface area contributed by atoms with Crippen molar-refractivity contribution in [2.75, 3.05) is 0 Å². The number of phenolic OH excluding ortho intramolecular Hbond substituents is 1. The minimum atomic E-state index is 0.0246. The maximum absolute atomic E-state index is 12.5. The summed E-state index contributed by atoms with van der Waals surface area (Å²) in [5.74, 6) is 3.00. The molecule has 2 saturated carbocycles. The Kier molecular flexibility index (Phi) is 6.46. The Hall–Kier alpha value is -1.51. The molecule has 1 N–H and O–H groups in total. The van der Waals surface area contributed by atoms with Crippen molar-refractivity contribution in [2.24, 2.45) is 23.2 Å². The maximum atomic E-state index is 12.5. The van der Waals surface area contributed by atoms with Crippen molar-refractivity contribution in [3.63, 3.8) is 0 Å². The molecular formula is C27H40O3. The van der Waals surface area contributed by atoms with Gasteiger partial charge in [0.15, 0.2) is 0 Å². The summed E-state index contributed by atoms with van der Waals surface area (Å²) in [4.78, 5) is 12.5. The van der Waals surface area contributed by atoms with Crippen molar-refractivity contribution in [1.82, 2.24) is 0 Å². The lowest BCUT2D eigenvalue weighted by atomic mass is 9.52. The number of ether oxygens (including phenoxy) is 1. The zero-order valence-corrected chi connectivity index (χ0v) is 19.2. The first-order chi connectivity index (χ1) is 14.5. The molecule has 6 atom stereocenters. The summed E-state index contributed by atoms with van der Waals surface area (Å²) in [6.45, 7) is 6.93. The molecule has 3 unspecified atom stereocenters. The van der Waals surface area contributed by atoms with Crippen molar-refractivity contribution in [1.29, 1.82) is 0 Å². The summed E-state index contributed by atoms with van der Waals surface area (Å²) in [7, 11) is 0. The van der Waals surface area contributed by atoms with Crippen molar-refractivity contribution in [2.45, 2.75) is 103 Å². The number of hydrogen-bond acceptors (Lipinski definition) is 3. The van der Waals surface area contributed by atoms with Crippen LogP contribution in [0.3, 0.4) is 0 Å². The van der Waals surface area contributed by atoms with Crippen LogP contribution in [0.15, 0.2) is 18.2 Å². The van der Waals surface area contributed by atoms with Crippen LogP contribution in [0.1, 0.15) is 102 Å². The standard InChI is InChI=1S/C27H40O3/c1-4-6-7-8-9-25(29)30-24-13-12-23-26-18(5-2)16-19-17-20(28)10-11-21(19)22(26)14-15-27(23,24)3/h10-11,17-18,22-24,26,28H,4-9,12-16H2,1-3H3/t18-,22?,23?,24-,26?,27-/m0/s1. The van der Waals surface area contributed by atoms with E-state index >= 15 is 0 Å². The van der Waals surface area contributed by atoms with Gasteiger partial charge in [-0.05, 0) is 85.5 Å². The normalized spacial score (nSPS) is 34.7. The number of fused-ring (bicyclic) bond motifs is 5. The van der Waals surface area contributed by atoms with Crippen LogP contribution in [0.2, 0.25) is 0 Å². The minimum Gasteiger partial charge on any atom is -0.508 e. The van der Waals surface area contributed by atoms with Crippen LogP contribution < -0.4 is 0 Å². The third kappa shape index (κ3) is 3.89. The molecule has 4 rings (SSSR count). The molecule has 0 aliphatic heterocycles. The number of aromatic hydroxyl groups is 1. The third-order valence-electron chi connectivity index (χ3n) is 8.83. The number of hydrogen-bond donors (Lipinski definition) is 1. The smallest absolute Gasteiger partial charge is 0.306 e. The monoisotopic (exact) mass is 412 g/mol. The number of carbonyl (C=O) groups excluding carboxylic acids is 1. The SMILES string of the molecule is CCCCCCC(=O)O[C@H]1CCC2C3C(CC[C@@]21C)c1ccc(O)cc1C[C@@H]3CC. The van der Waals surface area contributed by atoms with Crippen molar-refractivity contribution in [3.8, 4) is 5.75 Å². The van der Waals surface area contributed by atoms with E-state index < -0.39 is 0 Å². The molecule has 30 heavy (non-hydrogen) atoms. The van der Waals surface area contributed by atoms with Crippen LogP contribution in [-0.4, -0.2) is 17.2 Å². The van der Waals surface area contributed by atoms with Gasteiger partial charge in [-0.1, -0.05) is 52.5 Å². The van der Waals surface area contributed by atoms with Gasteiger partial charge in [0.05, 0.1) is 0 Å². The Morgan fingerprint density at radius 1 is 1.17 bits per heavy atom. The minimum absolute atomic E-state index is 0.0246. The molecular weight excluding hydrogens is 372 g/mol. The molecule has 0 spiro atoms. The Balaban J connectivity index is 1.49. The van der Waals surface area contributed by atoms with E-state index in [0.29, 0.717) is 35.8 Å². The summed E-state index contributed by atoms with van der Waals surface area (Å²) in [5.41, 5.74) is 2.96. The summed E-state index contributed by atoms with van der Waals surface area (Å²) in [5, 5.41) is 10.00. The highest BCUT2D eigenvalue weighted by Crippen LogP contribution is 2.63. The van der Waals surface area contributed by atoms with Gasteiger partial charge in [-0.15, -0.1) is 0 Å². The first kappa shape index (κ1) is 21.7. The average molecular weight is 413 g/mol. The number of rotatable bonds is 7. The summed E-state index contributed by atoms with van der Waals surface area (Å²) in [6.07, 6.45) is 12.0. The number of benzene rings is 1. The fraction of sp³-hybridized carbons (Fsp3) is 0.741. The van der Waals surface area contributed by atoms with Crippen molar-refractivity contribution in [3.05, 3.63) is 29.3 Å². The Bertz CT molecular complexity index is 756. The molecule has 0 aromatic heterocycles. The van der Waals surface area contributed by atoms with Crippen LogP contribution >= 0.6 is 0 Å². The third-order valence-corrected chi connectivity index (χ3v) is 8.83. The van der Waals surface area contributed by atoms with Crippen LogP contribution in [0.25, 0.3) is 0 Å². The van der Waals surface area contributed by atoms with E-state index in [1.807, 2.05) is 12.1 Å². The van der Waals surface area contributed by atoms with E-state index in [9.17, 15) is 9.90 Å². The molecule has 166 valence electrons. The molecule has 0 bridgehead atoms. The highest BCUT2D eigenvalue weighted by Gasteiger charge is 2.57.